The van der Waals surface area contributed by atoms with Crippen molar-refractivity contribution in [1.82, 2.24) is 15.0 Å². The number of benzene rings is 2. The number of halogens is 3. The Balaban J connectivity index is 1.96. The van der Waals surface area contributed by atoms with Crippen LogP contribution < -0.4 is 4.74 Å². The summed E-state index contributed by atoms with van der Waals surface area (Å²) < 4.78 is 43.9. The maximum Gasteiger partial charge on any atom is 0.416 e. The zero-order valence-electron chi connectivity index (χ0n) is 18.1. The first kappa shape index (κ1) is 23.6. The van der Waals surface area contributed by atoms with E-state index in [0.717, 1.165) is 33.4 Å². The molecule has 172 valence electrons. The highest BCUT2D eigenvalue weighted by Gasteiger charge is 2.31. The highest BCUT2D eigenvalue weighted by molar-refractivity contribution is 8.33. The fourth-order valence-corrected chi connectivity index (χ4v) is 5.89. The Morgan fingerprint density at radius 1 is 1.12 bits per heavy atom. The van der Waals surface area contributed by atoms with Crippen molar-refractivity contribution in [2.45, 2.75) is 36.9 Å². The fraction of sp³-hybridized carbons (Fsp3) is 0.318. The summed E-state index contributed by atoms with van der Waals surface area (Å²) in [5.41, 5.74) is 1.23. The SMILES string of the molecule is CCS(C)(c1ccc(OCC(=O)O)c(C)c1)c1nn(-c2ccc(C(F)(F)F)cc2)nc1C. The molecule has 0 aliphatic rings. The van der Waals surface area contributed by atoms with Gasteiger partial charge in [-0.1, -0.05) is 6.92 Å². The molecule has 3 aromatic rings. The van der Waals surface area contributed by atoms with Gasteiger partial charge in [0.25, 0.3) is 0 Å². The average molecular weight is 468 g/mol. The summed E-state index contributed by atoms with van der Waals surface area (Å²) in [5, 5.41) is 18.7. The smallest absolute Gasteiger partial charge is 0.416 e. The van der Waals surface area contributed by atoms with Crippen molar-refractivity contribution >= 4 is 16.0 Å². The number of aromatic nitrogens is 3. The molecule has 32 heavy (non-hydrogen) atoms. The van der Waals surface area contributed by atoms with E-state index in [-0.39, 0.29) is 0 Å². The number of alkyl halides is 3. The van der Waals surface area contributed by atoms with Crippen LogP contribution in [-0.4, -0.2) is 44.7 Å². The van der Waals surface area contributed by atoms with Crippen LogP contribution in [0.5, 0.6) is 5.75 Å². The molecular formula is C22H24F3N3O3S. The summed E-state index contributed by atoms with van der Waals surface area (Å²) in [5.74, 6) is 0.223. The molecule has 1 aromatic heterocycles. The first-order chi connectivity index (χ1) is 15.0. The van der Waals surface area contributed by atoms with E-state index in [4.69, 9.17) is 9.84 Å². The number of hydrogen-bond acceptors (Lipinski definition) is 4. The highest BCUT2D eigenvalue weighted by Crippen LogP contribution is 2.59. The predicted octanol–water partition coefficient (Wildman–Crippen LogP) is 5.24. The van der Waals surface area contributed by atoms with Crippen molar-refractivity contribution in [2.75, 3.05) is 18.6 Å². The van der Waals surface area contributed by atoms with Crippen LogP contribution in [0.1, 0.15) is 23.7 Å². The number of ether oxygens (including phenoxy) is 1. The molecule has 0 aliphatic heterocycles. The fourth-order valence-electron chi connectivity index (χ4n) is 3.30. The van der Waals surface area contributed by atoms with Gasteiger partial charge < -0.3 is 9.84 Å². The molecule has 0 saturated heterocycles. The molecule has 0 fully saturated rings. The van der Waals surface area contributed by atoms with Crippen molar-refractivity contribution in [3.63, 3.8) is 0 Å². The van der Waals surface area contributed by atoms with Gasteiger partial charge >= 0.3 is 12.1 Å². The lowest BCUT2D eigenvalue weighted by Crippen LogP contribution is -2.11. The van der Waals surface area contributed by atoms with Gasteiger partial charge in [0.05, 0.1) is 16.9 Å². The van der Waals surface area contributed by atoms with Gasteiger partial charge in [-0.25, -0.2) is 4.79 Å². The molecule has 1 heterocycles. The molecule has 3 rings (SSSR count). The molecule has 0 radical (unpaired) electrons. The van der Waals surface area contributed by atoms with Crippen LogP contribution in [-0.2, 0) is 11.0 Å². The average Bonchev–Trinajstić information content (AvgIpc) is 3.13. The molecule has 6 nitrogen and oxygen atoms in total. The molecule has 2 aromatic carbocycles. The Labute approximate surface area is 185 Å². The predicted molar refractivity (Wildman–Crippen MR) is 116 cm³/mol. The van der Waals surface area contributed by atoms with Gasteiger partial charge in [0.2, 0.25) is 0 Å². The third-order valence-electron chi connectivity index (χ3n) is 5.19. The summed E-state index contributed by atoms with van der Waals surface area (Å²) >= 11 is 0. The van der Waals surface area contributed by atoms with Crippen LogP contribution in [0.4, 0.5) is 13.2 Å². The quantitative estimate of drug-likeness (QED) is 0.514. The van der Waals surface area contributed by atoms with Gasteiger partial charge in [-0.3, -0.25) is 0 Å². The van der Waals surface area contributed by atoms with Crippen LogP contribution in [0.25, 0.3) is 5.69 Å². The van der Waals surface area contributed by atoms with E-state index in [9.17, 15) is 18.0 Å². The highest BCUT2D eigenvalue weighted by atomic mass is 32.3. The zero-order valence-corrected chi connectivity index (χ0v) is 18.9. The van der Waals surface area contributed by atoms with Crippen molar-refractivity contribution < 1.29 is 27.8 Å². The van der Waals surface area contributed by atoms with Gasteiger partial charge in [0.15, 0.2) is 6.61 Å². The van der Waals surface area contributed by atoms with E-state index < -0.39 is 34.3 Å². The van der Waals surface area contributed by atoms with Crippen molar-refractivity contribution in [2.24, 2.45) is 0 Å². The van der Waals surface area contributed by atoms with Gasteiger partial charge in [-0.15, -0.1) is 5.10 Å². The number of carboxylic acid groups (broad SMARTS) is 1. The maximum absolute atomic E-state index is 12.9. The van der Waals surface area contributed by atoms with Crippen LogP contribution in [0.15, 0.2) is 52.4 Å². The van der Waals surface area contributed by atoms with Gasteiger partial charge in [0, 0.05) is 0 Å². The molecule has 10 heteroatoms. The Hall–Kier alpha value is -3.01. The second-order valence-corrected chi connectivity index (χ2v) is 11.0. The number of aliphatic carboxylic acids is 1. The van der Waals surface area contributed by atoms with Crippen molar-refractivity contribution in [3.05, 3.63) is 59.3 Å². The van der Waals surface area contributed by atoms with E-state index in [2.05, 4.69) is 23.4 Å². The molecule has 1 unspecified atom stereocenters. The third-order valence-corrected chi connectivity index (χ3v) is 8.87. The number of rotatable bonds is 7. The first-order valence-electron chi connectivity index (χ1n) is 9.78. The minimum absolute atomic E-state index is 0.418. The summed E-state index contributed by atoms with van der Waals surface area (Å²) in [6.45, 7) is 5.32. The number of aryl methyl sites for hydroxylation is 2. The van der Waals surface area contributed by atoms with E-state index in [1.54, 1.807) is 6.07 Å². The Morgan fingerprint density at radius 2 is 1.78 bits per heavy atom. The van der Waals surface area contributed by atoms with Crippen LogP contribution in [0.2, 0.25) is 0 Å². The summed E-state index contributed by atoms with van der Waals surface area (Å²) in [6, 6.07) is 10.3. The zero-order chi connectivity index (χ0) is 23.7. The maximum atomic E-state index is 12.9. The van der Waals surface area contributed by atoms with Crippen LogP contribution >= 0.6 is 10.0 Å². The van der Waals surface area contributed by atoms with Gasteiger partial charge in [-0.2, -0.15) is 33.1 Å². The Morgan fingerprint density at radius 3 is 2.31 bits per heavy atom. The largest absolute Gasteiger partial charge is 0.482 e. The molecule has 1 atom stereocenters. The standard InChI is InChI=1S/C22H24F3N3O3S/c1-5-32(4,18-10-11-19(14(2)12-18)31-13-20(29)30)21-15(3)26-28(27-21)17-8-6-16(7-9-17)22(23,24)25/h6-12H,5,13H2,1-4H3,(H,29,30). The summed E-state index contributed by atoms with van der Waals surface area (Å²) in [6.07, 6.45) is -2.30. The lowest BCUT2D eigenvalue weighted by molar-refractivity contribution is -0.139. The van der Waals surface area contributed by atoms with E-state index >= 15 is 0 Å². The monoisotopic (exact) mass is 467 g/mol. The minimum Gasteiger partial charge on any atom is -0.482 e. The second kappa shape index (κ2) is 8.85. The number of carbonyl (C=O) groups is 1. The Kier molecular flexibility index (Phi) is 6.54. The summed E-state index contributed by atoms with van der Waals surface area (Å²) in [7, 11) is -1.60. The van der Waals surface area contributed by atoms with Gasteiger partial charge in [0.1, 0.15) is 10.8 Å². The van der Waals surface area contributed by atoms with Gasteiger partial charge in [-0.05, 0) is 78.8 Å². The summed E-state index contributed by atoms with van der Waals surface area (Å²) in [4.78, 5) is 13.2. The lowest BCUT2D eigenvalue weighted by atomic mass is 10.2. The van der Waals surface area contributed by atoms with E-state index in [0.29, 0.717) is 17.1 Å². The molecule has 1 N–H and O–H groups in total. The molecule has 0 aliphatic carbocycles. The normalized spacial score (nSPS) is 14.6. The lowest BCUT2D eigenvalue weighted by Gasteiger charge is -2.34. The minimum atomic E-state index is -4.40. The topological polar surface area (TPSA) is 77.2 Å². The molecule has 0 saturated carbocycles. The van der Waals surface area contributed by atoms with E-state index in [1.807, 2.05) is 26.0 Å². The first-order valence-corrected chi connectivity index (χ1v) is 12.0. The van der Waals surface area contributed by atoms with Crippen LogP contribution in [0, 0.1) is 13.8 Å². The van der Waals surface area contributed by atoms with Crippen LogP contribution in [0.3, 0.4) is 0 Å². The van der Waals surface area contributed by atoms with Crippen molar-refractivity contribution in [3.8, 4) is 11.4 Å². The molecule has 0 amide bonds. The third kappa shape index (κ3) is 4.74. The van der Waals surface area contributed by atoms with Crippen molar-refractivity contribution in [1.29, 1.82) is 0 Å². The second-order valence-electron chi connectivity index (χ2n) is 7.41. The number of nitrogens with zero attached hydrogens (tertiary/aromatic N) is 3. The molecule has 0 spiro atoms. The Bertz CT molecular complexity index is 1130. The molecule has 0 bridgehead atoms. The number of hydrogen-bond donors (Lipinski definition) is 1. The molecular weight excluding hydrogens is 443 g/mol. The van der Waals surface area contributed by atoms with E-state index in [1.165, 1.54) is 16.9 Å². The number of carboxylic acids is 1.